The van der Waals surface area contributed by atoms with Crippen LogP contribution in [0.5, 0.6) is 11.5 Å². The van der Waals surface area contributed by atoms with E-state index in [9.17, 15) is 9.90 Å². The second-order valence-electron chi connectivity index (χ2n) is 7.88. The molecule has 31 heavy (non-hydrogen) atoms. The highest BCUT2D eigenvalue weighted by Gasteiger charge is 2.22. The first-order valence-electron chi connectivity index (χ1n) is 9.73. The second kappa shape index (κ2) is 6.82. The molecule has 4 aromatic rings. The van der Waals surface area contributed by atoms with Crippen LogP contribution in [0.3, 0.4) is 0 Å². The molecule has 0 saturated heterocycles. The number of primary amides is 1. The summed E-state index contributed by atoms with van der Waals surface area (Å²) in [7, 11) is 0. The van der Waals surface area contributed by atoms with Gasteiger partial charge in [0.25, 0.3) is 0 Å². The Kier molecular flexibility index (Phi) is 4.19. The van der Waals surface area contributed by atoms with Gasteiger partial charge in [0.15, 0.2) is 17.1 Å². The van der Waals surface area contributed by atoms with Gasteiger partial charge in [0.2, 0.25) is 12.7 Å². The summed E-state index contributed by atoms with van der Waals surface area (Å²) in [6.45, 7) is 3.55. The van der Waals surface area contributed by atoms with Gasteiger partial charge in [0.05, 0.1) is 23.2 Å². The highest BCUT2D eigenvalue weighted by molar-refractivity contribution is 6.00. The first-order valence-corrected chi connectivity index (χ1v) is 9.73. The summed E-state index contributed by atoms with van der Waals surface area (Å²) in [6, 6.07) is 14.3. The van der Waals surface area contributed by atoms with Gasteiger partial charge < -0.3 is 20.3 Å². The van der Waals surface area contributed by atoms with E-state index in [0.717, 1.165) is 11.3 Å². The number of carbonyl (C=O) groups is 1. The summed E-state index contributed by atoms with van der Waals surface area (Å²) in [5.74, 6) is 0.763. The van der Waals surface area contributed by atoms with Gasteiger partial charge in [-0.25, -0.2) is 9.50 Å². The van der Waals surface area contributed by atoms with E-state index in [2.05, 4.69) is 10.1 Å². The zero-order valence-corrected chi connectivity index (χ0v) is 17.0. The summed E-state index contributed by atoms with van der Waals surface area (Å²) in [5, 5.41) is 14.9. The van der Waals surface area contributed by atoms with Crippen molar-refractivity contribution in [2.24, 2.45) is 5.73 Å². The summed E-state index contributed by atoms with van der Waals surface area (Å²) < 4.78 is 12.6. The van der Waals surface area contributed by atoms with Crippen molar-refractivity contribution in [1.29, 1.82) is 0 Å². The third-order valence-electron chi connectivity index (χ3n) is 5.30. The van der Waals surface area contributed by atoms with Crippen LogP contribution < -0.4 is 15.2 Å². The maximum Gasteiger partial charge on any atom is 0.249 e. The van der Waals surface area contributed by atoms with Gasteiger partial charge in [-0.3, -0.25) is 4.79 Å². The number of nitrogens with two attached hydrogens (primary N) is 1. The van der Waals surface area contributed by atoms with E-state index in [1.165, 1.54) is 0 Å². The van der Waals surface area contributed by atoms with Crippen LogP contribution in [-0.4, -0.2) is 32.4 Å². The fraction of sp³-hybridized carbons (Fsp3) is 0.174. The average Bonchev–Trinajstić information content (AvgIpc) is 3.40. The maximum atomic E-state index is 12.1. The Morgan fingerprint density at radius 3 is 2.68 bits per heavy atom. The number of carbonyl (C=O) groups excluding carboxylic acids is 1. The Hall–Kier alpha value is -3.91. The van der Waals surface area contributed by atoms with Crippen LogP contribution in [0.4, 0.5) is 0 Å². The Morgan fingerprint density at radius 2 is 1.90 bits per heavy atom. The monoisotopic (exact) mass is 416 g/mol. The molecule has 5 rings (SSSR count). The van der Waals surface area contributed by atoms with Crippen molar-refractivity contribution in [3.63, 3.8) is 0 Å². The molecule has 0 aliphatic carbocycles. The van der Waals surface area contributed by atoms with E-state index in [-0.39, 0.29) is 6.79 Å². The normalized spacial score (nSPS) is 13.0. The van der Waals surface area contributed by atoms with Gasteiger partial charge >= 0.3 is 0 Å². The third kappa shape index (κ3) is 3.27. The molecule has 1 aliphatic rings. The van der Waals surface area contributed by atoms with Crippen molar-refractivity contribution in [2.75, 3.05) is 6.79 Å². The van der Waals surface area contributed by atoms with E-state index in [1.54, 1.807) is 48.8 Å². The molecule has 0 unspecified atom stereocenters. The molecule has 1 aliphatic heterocycles. The van der Waals surface area contributed by atoms with E-state index in [0.29, 0.717) is 39.5 Å². The lowest BCUT2D eigenvalue weighted by molar-refractivity contribution is 0.0785. The van der Waals surface area contributed by atoms with Crippen molar-refractivity contribution >= 4 is 11.6 Å². The zero-order valence-electron chi connectivity index (χ0n) is 17.0. The lowest BCUT2D eigenvalue weighted by Gasteiger charge is -2.20. The zero-order chi connectivity index (χ0) is 21.8. The molecule has 8 heteroatoms. The number of ether oxygens (including phenoxy) is 2. The minimum atomic E-state index is -1.09. The topological polar surface area (TPSA) is 112 Å². The molecular weight excluding hydrogens is 396 g/mol. The summed E-state index contributed by atoms with van der Waals surface area (Å²) >= 11 is 0. The highest BCUT2D eigenvalue weighted by atomic mass is 16.7. The Morgan fingerprint density at radius 1 is 1.10 bits per heavy atom. The number of benzene rings is 2. The van der Waals surface area contributed by atoms with E-state index in [1.807, 2.05) is 24.3 Å². The van der Waals surface area contributed by atoms with Gasteiger partial charge in [0.1, 0.15) is 0 Å². The van der Waals surface area contributed by atoms with Crippen LogP contribution in [0.1, 0.15) is 29.8 Å². The van der Waals surface area contributed by atoms with Gasteiger partial charge in [0, 0.05) is 22.8 Å². The molecule has 0 atom stereocenters. The second-order valence-corrected chi connectivity index (χ2v) is 7.88. The molecule has 2 aromatic carbocycles. The van der Waals surface area contributed by atoms with Crippen molar-refractivity contribution in [2.45, 2.75) is 19.4 Å². The number of amides is 1. The molecule has 3 heterocycles. The fourth-order valence-corrected chi connectivity index (χ4v) is 3.66. The Labute approximate surface area is 177 Å². The molecule has 156 valence electrons. The van der Waals surface area contributed by atoms with Gasteiger partial charge in [-0.05, 0) is 55.8 Å². The number of aliphatic hydroxyl groups is 1. The summed E-state index contributed by atoms with van der Waals surface area (Å²) in [4.78, 5) is 16.8. The molecular formula is C23H20N4O4. The molecule has 0 spiro atoms. The quantitative estimate of drug-likeness (QED) is 0.529. The molecule has 0 saturated carbocycles. The van der Waals surface area contributed by atoms with Crippen molar-refractivity contribution in [3.05, 3.63) is 65.9 Å². The van der Waals surface area contributed by atoms with Crippen molar-refractivity contribution < 1.29 is 19.4 Å². The molecule has 0 bridgehead atoms. The molecule has 8 nitrogen and oxygen atoms in total. The predicted octanol–water partition coefficient (Wildman–Crippen LogP) is 3.12. The third-order valence-corrected chi connectivity index (χ3v) is 5.30. The minimum Gasteiger partial charge on any atom is -0.454 e. The molecule has 1 amide bonds. The fourth-order valence-electron chi connectivity index (χ4n) is 3.66. The van der Waals surface area contributed by atoms with Crippen LogP contribution in [-0.2, 0) is 5.60 Å². The van der Waals surface area contributed by atoms with Crippen LogP contribution in [0.25, 0.3) is 28.2 Å². The van der Waals surface area contributed by atoms with Crippen molar-refractivity contribution in [3.8, 4) is 34.0 Å². The minimum absolute atomic E-state index is 0.184. The highest BCUT2D eigenvalue weighted by Crippen LogP contribution is 2.37. The van der Waals surface area contributed by atoms with Crippen LogP contribution >= 0.6 is 0 Å². The molecule has 2 aromatic heterocycles. The first kappa shape index (κ1) is 19.1. The van der Waals surface area contributed by atoms with E-state index in [4.69, 9.17) is 15.2 Å². The number of nitrogens with zero attached hydrogens (tertiary/aromatic N) is 3. The van der Waals surface area contributed by atoms with E-state index < -0.39 is 11.5 Å². The Bertz CT molecular complexity index is 1340. The van der Waals surface area contributed by atoms with Crippen LogP contribution in [0.2, 0.25) is 0 Å². The summed E-state index contributed by atoms with van der Waals surface area (Å²) in [6.07, 6.45) is 1.66. The van der Waals surface area contributed by atoms with Crippen molar-refractivity contribution in [1.82, 2.24) is 14.6 Å². The molecule has 3 N–H and O–H groups in total. The molecule has 0 fully saturated rings. The van der Waals surface area contributed by atoms with Gasteiger partial charge in [-0.15, -0.1) is 0 Å². The SMILES string of the molecule is CC(C)(O)c1ccc(C(N)=O)c(-c2cc(-c3ccc4c(c3)OCO4)n3nccc3n2)c1. The number of hydrogen-bond donors (Lipinski definition) is 2. The van der Waals surface area contributed by atoms with Crippen LogP contribution in [0.15, 0.2) is 54.7 Å². The standard InChI is InChI=1S/C23H20N4O4/c1-23(2,29)14-4-5-15(22(24)28)16(10-14)17-11-18(27-21(26-17)7-8-25-27)13-3-6-19-20(9-13)31-12-30-19/h3-11,29H,12H2,1-2H3,(H2,24,28). The number of hydrogen-bond acceptors (Lipinski definition) is 6. The van der Waals surface area contributed by atoms with Crippen LogP contribution in [0, 0.1) is 0 Å². The predicted molar refractivity (Wildman–Crippen MR) is 114 cm³/mol. The summed E-state index contributed by atoms with van der Waals surface area (Å²) in [5.41, 5.74) is 8.80. The number of fused-ring (bicyclic) bond motifs is 2. The first-order chi connectivity index (χ1) is 14.8. The maximum absolute atomic E-state index is 12.1. The van der Waals surface area contributed by atoms with Gasteiger partial charge in [-0.1, -0.05) is 6.07 Å². The number of rotatable bonds is 4. The molecule has 0 radical (unpaired) electrons. The average molecular weight is 416 g/mol. The lowest BCUT2D eigenvalue weighted by atomic mass is 9.92. The van der Waals surface area contributed by atoms with E-state index >= 15 is 0 Å². The van der Waals surface area contributed by atoms with Gasteiger partial charge in [-0.2, -0.15) is 5.10 Å². The lowest BCUT2D eigenvalue weighted by Crippen LogP contribution is -2.18. The Balaban J connectivity index is 1.75. The number of aromatic nitrogens is 3. The smallest absolute Gasteiger partial charge is 0.249 e. The largest absolute Gasteiger partial charge is 0.454 e.